The number of benzene rings is 2. The van der Waals surface area contributed by atoms with Crippen LogP contribution in [0.15, 0.2) is 36.5 Å². The highest BCUT2D eigenvalue weighted by atomic mass is 35.5. The van der Waals surface area contributed by atoms with Crippen LogP contribution in [0.5, 0.6) is 0 Å². The first kappa shape index (κ1) is 21.5. The number of hydrogen-bond donors (Lipinski definition) is 1. The van der Waals surface area contributed by atoms with Gasteiger partial charge in [0.15, 0.2) is 0 Å². The third-order valence-electron chi connectivity index (χ3n) is 3.93. The van der Waals surface area contributed by atoms with Crippen LogP contribution in [-0.2, 0) is 11.2 Å². The first-order valence-electron chi connectivity index (χ1n) is 7.69. The second kappa shape index (κ2) is 8.66. The van der Waals surface area contributed by atoms with Gasteiger partial charge in [-0.1, -0.05) is 69.6 Å². The number of nitrogens with zero attached hydrogens (tertiary/aromatic N) is 1. The summed E-state index contributed by atoms with van der Waals surface area (Å²) in [5.41, 5.74) is 2.02. The monoisotopic (exact) mass is 493 g/mol. The van der Waals surface area contributed by atoms with Gasteiger partial charge in [-0.2, -0.15) is 0 Å². The molecule has 0 saturated carbocycles. The lowest BCUT2D eigenvalue weighted by molar-refractivity contribution is -0.136. The minimum Gasteiger partial charge on any atom is -0.481 e. The van der Waals surface area contributed by atoms with Crippen molar-refractivity contribution >= 4 is 75.6 Å². The van der Waals surface area contributed by atoms with E-state index in [4.69, 9.17) is 69.6 Å². The van der Waals surface area contributed by atoms with Crippen LogP contribution in [0.1, 0.15) is 5.69 Å². The normalized spacial score (nSPS) is 10.9. The van der Waals surface area contributed by atoms with Gasteiger partial charge in [-0.15, -0.1) is 0 Å². The summed E-state index contributed by atoms with van der Waals surface area (Å²) in [6, 6.07) is 7.97. The van der Waals surface area contributed by atoms with Crippen molar-refractivity contribution in [2.75, 3.05) is 0 Å². The molecule has 0 fully saturated rings. The van der Waals surface area contributed by atoms with E-state index < -0.39 is 5.97 Å². The fraction of sp³-hybridized carbons (Fsp3) is 0.0526. The van der Waals surface area contributed by atoms with E-state index in [0.29, 0.717) is 37.3 Å². The quantitative estimate of drug-likeness (QED) is 0.373. The standard InChI is InChI=1S/C19H9Cl6NO2/c20-10-1-3-12(22)18(24)16(10)8-5-9(14(26-7-8)6-15(27)28)17-11(21)2-4-13(23)19(17)25/h1-5,7H,6H2,(H,27,28). The maximum atomic E-state index is 11.3. The molecule has 0 aliphatic carbocycles. The molecule has 3 nitrogen and oxygen atoms in total. The summed E-state index contributed by atoms with van der Waals surface area (Å²) in [6.45, 7) is 0. The highest BCUT2D eigenvalue weighted by Gasteiger charge is 2.20. The third kappa shape index (κ3) is 4.20. The Kier molecular flexibility index (Phi) is 6.65. The molecular formula is C19H9Cl6NO2. The van der Waals surface area contributed by atoms with Crippen molar-refractivity contribution in [2.45, 2.75) is 6.42 Å². The molecule has 1 heterocycles. The summed E-state index contributed by atoms with van der Waals surface area (Å²) in [5, 5.41) is 10.9. The van der Waals surface area contributed by atoms with Gasteiger partial charge in [-0.25, -0.2) is 0 Å². The molecule has 0 spiro atoms. The van der Waals surface area contributed by atoms with Crippen molar-refractivity contribution in [3.8, 4) is 22.3 Å². The van der Waals surface area contributed by atoms with Crippen LogP contribution in [0.4, 0.5) is 0 Å². The number of carboxylic acid groups (broad SMARTS) is 1. The molecule has 0 radical (unpaired) electrons. The lowest BCUT2D eigenvalue weighted by atomic mass is 9.97. The molecule has 3 rings (SSSR count). The van der Waals surface area contributed by atoms with Crippen LogP contribution < -0.4 is 0 Å². The van der Waals surface area contributed by atoms with Gasteiger partial charge in [0.05, 0.1) is 42.3 Å². The Bertz CT molecular complexity index is 1100. The number of carboxylic acids is 1. The zero-order valence-corrected chi connectivity index (χ0v) is 18.3. The van der Waals surface area contributed by atoms with E-state index in [-0.39, 0.29) is 27.2 Å². The Balaban J connectivity index is 2.33. The van der Waals surface area contributed by atoms with Gasteiger partial charge in [0.1, 0.15) is 0 Å². The van der Waals surface area contributed by atoms with Gasteiger partial charge in [0.2, 0.25) is 0 Å². The predicted molar refractivity (Wildman–Crippen MR) is 117 cm³/mol. The summed E-state index contributed by atoms with van der Waals surface area (Å²) < 4.78 is 0. The van der Waals surface area contributed by atoms with Crippen molar-refractivity contribution in [1.82, 2.24) is 4.98 Å². The number of rotatable bonds is 4. The van der Waals surface area contributed by atoms with Gasteiger partial charge >= 0.3 is 5.97 Å². The molecule has 9 heteroatoms. The first-order chi connectivity index (χ1) is 13.2. The molecule has 0 unspecified atom stereocenters. The molecule has 0 saturated heterocycles. The van der Waals surface area contributed by atoms with Crippen LogP contribution in [0.2, 0.25) is 30.1 Å². The second-order valence-electron chi connectivity index (χ2n) is 5.73. The molecule has 1 aromatic heterocycles. The van der Waals surface area contributed by atoms with Gasteiger partial charge in [-0.3, -0.25) is 9.78 Å². The summed E-state index contributed by atoms with van der Waals surface area (Å²) in [5.74, 6) is -1.06. The van der Waals surface area contributed by atoms with E-state index in [1.165, 1.54) is 6.20 Å². The lowest BCUT2D eigenvalue weighted by Crippen LogP contribution is -2.05. The Hall–Kier alpha value is -1.20. The Morgan fingerprint density at radius 3 is 1.89 bits per heavy atom. The van der Waals surface area contributed by atoms with Gasteiger partial charge < -0.3 is 5.11 Å². The number of carbonyl (C=O) groups is 1. The highest BCUT2D eigenvalue weighted by Crippen LogP contribution is 2.44. The summed E-state index contributed by atoms with van der Waals surface area (Å²) in [4.78, 5) is 15.6. The molecule has 144 valence electrons. The number of aliphatic carboxylic acids is 1. The number of aromatic nitrogens is 1. The average molecular weight is 496 g/mol. The lowest BCUT2D eigenvalue weighted by Gasteiger charge is -2.15. The molecule has 0 bridgehead atoms. The summed E-state index contributed by atoms with van der Waals surface area (Å²) in [6.07, 6.45) is 1.13. The maximum Gasteiger partial charge on any atom is 0.309 e. The summed E-state index contributed by atoms with van der Waals surface area (Å²) in [7, 11) is 0. The number of hydrogen-bond acceptors (Lipinski definition) is 2. The molecule has 1 N–H and O–H groups in total. The van der Waals surface area contributed by atoms with Crippen LogP contribution in [-0.4, -0.2) is 16.1 Å². The van der Waals surface area contributed by atoms with Crippen molar-refractivity contribution in [3.05, 3.63) is 72.4 Å². The van der Waals surface area contributed by atoms with Crippen molar-refractivity contribution in [3.63, 3.8) is 0 Å². The molecule has 3 aromatic rings. The topological polar surface area (TPSA) is 50.2 Å². The third-order valence-corrected chi connectivity index (χ3v) is 6.17. The molecule has 0 aliphatic heterocycles. The Morgan fingerprint density at radius 1 is 0.821 bits per heavy atom. The fourth-order valence-corrected chi connectivity index (χ4v) is 4.17. The van der Waals surface area contributed by atoms with E-state index in [2.05, 4.69) is 4.98 Å². The van der Waals surface area contributed by atoms with Gasteiger partial charge in [0.25, 0.3) is 0 Å². The van der Waals surface area contributed by atoms with E-state index >= 15 is 0 Å². The van der Waals surface area contributed by atoms with Crippen LogP contribution in [0.25, 0.3) is 22.3 Å². The average Bonchev–Trinajstić information content (AvgIpc) is 2.63. The van der Waals surface area contributed by atoms with Crippen molar-refractivity contribution in [1.29, 1.82) is 0 Å². The van der Waals surface area contributed by atoms with Gasteiger partial charge in [0, 0.05) is 28.5 Å². The SMILES string of the molecule is O=C(O)Cc1ncc(-c2c(Cl)ccc(Cl)c2Cl)cc1-c1c(Cl)ccc(Cl)c1Cl. The molecule has 0 amide bonds. The van der Waals surface area contributed by atoms with E-state index in [1.807, 2.05) is 0 Å². The summed E-state index contributed by atoms with van der Waals surface area (Å²) >= 11 is 37.6. The van der Waals surface area contributed by atoms with E-state index in [1.54, 1.807) is 30.3 Å². The maximum absolute atomic E-state index is 11.3. The zero-order valence-electron chi connectivity index (χ0n) is 13.7. The Morgan fingerprint density at radius 2 is 1.32 bits per heavy atom. The van der Waals surface area contributed by atoms with E-state index in [0.717, 1.165) is 0 Å². The van der Waals surface area contributed by atoms with Crippen LogP contribution in [0, 0.1) is 0 Å². The van der Waals surface area contributed by atoms with Crippen molar-refractivity contribution in [2.24, 2.45) is 0 Å². The highest BCUT2D eigenvalue weighted by molar-refractivity contribution is 6.47. The smallest absolute Gasteiger partial charge is 0.309 e. The number of pyridine rings is 1. The minimum absolute atomic E-state index is 0.183. The predicted octanol–water partition coefficient (Wildman–Crippen LogP) is 7.96. The van der Waals surface area contributed by atoms with Crippen LogP contribution in [0.3, 0.4) is 0 Å². The minimum atomic E-state index is -1.06. The Labute approximate surface area is 190 Å². The fourth-order valence-electron chi connectivity index (χ4n) is 2.70. The molecule has 0 atom stereocenters. The molecular weight excluding hydrogens is 487 g/mol. The number of halogens is 6. The largest absolute Gasteiger partial charge is 0.481 e. The first-order valence-corrected chi connectivity index (χ1v) is 9.96. The second-order valence-corrected chi connectivity index (χ2v) is 8.11. The van der Waals surface area contributed by atoms with E-state index in [9.17, 15) is 9.90 Å². The molecule has 28 heavy (non-hydrogen) atoms. The van der Waals surface area contributed by atoms with Crippen LogP contribution >= 0.6 is 69.6 Å². The van der Waals surface area contributed by atoms with Crippen molar-refractivity contribution < 1.29 is 9.90 Å². The molecule has 2 aromatic carbocycles. The zero-order chi connectivity index (χ0) is 20.6. The molecule has 0 aliphatic rings. The van der Waals surface area contributed by atoms with Gasteiger partial charge in [-0.05, 0) is 30.3 Å².